The number of rotatable bonds is 10. The van der Waals surface area contributed by atoms with E-state index in [9.17, 15) is 14.4 Å². The summed E-state index contributed by atoms with van der Waals surface area (Å²) >= 11 is 0. The maximum absolute atomic E-state index is 11.2. The van der Waals surface area contributed by atoms with Gasteiger partial charge in [-0.05, 0) is 0 Å². The molecule has 0 aliphatic carbocycles. The molecule has 0 aromatic rings. The van der Waals surface area contributed by atoms with Crippen LogP contribution in [-0.4, -0.2) is 50.4 Å². The Balaban J connectivity index is 1.92. The lowest BCUT2D eigenvalue weighted by Crippen LogP contribution is -2.14. The molecule has 1 aliphatic rings. The first-order valence-corrected chi connectivity index (χ1v) is 6.00. The molecule has 8 heteroatoms. The minimum atomic E-state index is -0.709. The van der Waals surface area contributed by atoms with Crippen LogP contribution in [0.2, 0.25) is 0 Å². The molecule has 1 unspecified atom stereocenters. The average Bonchev–Trinajstić information content (AvgIpc) is 3.26. The molecule has 1 rings (SSSR count). The van der Waals surface area contributed by atoms with Gasteiger partial charge in [0.2, 0.25) is 0 Å². The summed E-state index contributed by atoms with van der Waals surface area (Å²) in [5.74, 6) is -1.81. The summed E-state index contributed by atoms with van der Waals surface area (Å²) in [4.78, 5) is 41.8. The van der Waals surface area contributed by atoms with Crippen LogP contribution in [0.5, 0.6) is 0 Å². The van der Waals surface area contributed by atoms with Gasteiger partial charge < -0.3 is 14.2 Å². The average molecular weight is 288 g/mol. The molecule has 0 bridgehead atoms. The second-order valence-corrected chi connectivity index (χ2v) is 3.79. The van der Waals surface area contributed by atoms with Crippen molar-refractivity contribution in [2.45, 2.75) is 18.9 Å². The normalized spacial score (nSPS) is 16.1. The van der Waals surface area contributed by atoms with E-state index in [-0.39, 0.29) is 38.8 Å². The summed E-state index contributed by atoms with van der Waals surface area (Å²) in [6.45, 7) is 3.84. The van der Waals surface area contributed by atoms with Crippen LogP contribution in [-0.2, 0) is 38.4 Å². The number of ether oxygens (including phenoxy) is 3. The van der Waals surface area contributed by atoms with Crippen LogP contribution in [0.15, 0.2) is 12.7 Å². The summed E-state index contributed by atoms with van der Waals surface area (Å²) in [7, 11) is 0. The first-order valence-electron chi connectivity index (χ1n) is 6.00. The van der Waals surface area contributed by atoms with Crippen LogP contribution in [0.4, 0.5) is 0 Å². The van der Waals surface area contributed by atoms with Gasteiger partial charge in [0, 0.05) is 6.08 Å². The molecule has 20 heavy (non-hydrogen) atoms. The van der Waals surface area contributed by atoms with E-state index in [1.807, 2.05) is 0 Å². The third-order valence-electron chi connectivity index (χ3n) is 2.10. The highest BCUT2D eigenvalue weighted by molar-refractivity contribution is 5.81. The monoisotopic (exact) mass is 288 g/mol. The van der Waals surface area contributed by atoms with Gasteiger partial charge in [-0.1, -0.05) is 6.58 Å². The highest BCUT2D eigenvalue weighted by Crippen LogP contribution is 2.09. The topological polar surface area (TPSA) is 101 Å². The Bertz CT molecular complexity index is 360. The second-order valence-electron chi connectivity index (χ2n) is 3.79. The zero-order chi connectivity index (χ0) is 14.8. The molecule has 8 nitrogen and oxygen atoms in total. The Labute approximate surface area is 115 Å². The van der Waals surface area contributed by atoms with Crippen molar-refractivity contribution in [1.29, 1.82) is 0 Å². The lowest BCUT2D eigenvalue weighted by Gasteiger charge is -2.04. The highest BCUT2D eigenvalue weighted by atomic mass is 17.2. The first kappa shape index (κ1) is 16.1. The Kier molecular flexibility index (Phi) is 7.30. The fourth-order valence-electron chi connectivity index (χ4n) is 1.01. The van der Waals surface area contributed by atoms with Gasteiger partial charge in [-0.2, -0.15) is 4.89 Å². The molecule has 1 fully saturated rings. The summed E-state index contributed by atoms with van der Waals surface area (Å²) in [6, 6.07) is 0. The Morgan fingerprint density at radius 3 is 2.50 bits per heavy atom. The highest BCUT2D eigenvalue weighted by Gasteiger charge is 2.24. The number of esters is 2. The molecular weight excluding hydrogens is 272 g/mol. The van der Waals surface area contributed by atoms with Gasteiger partial charge in [0.25, 0.3) is 0 Å². The van der Waals surface area contributed by atoms with Gasteiger partial charge in [0.1, 0.15) is 25.9 Å². The molecule has 0 spiro atoms. The van der Waals surface area contributed by atoms with Gasteiger partial charge >= 0.3 is 17.9 Å². The zero-order valence-corrected chi connectivity index (χ0v) is 10.9. The third-order valence-corrected chi connectivity index (χ3v) is 2.10. The van der Waals surface area contributed by atoms with Crippen molar-refractivity contribution < 1.29 is 38.4 Å². The summed E-state index contributed by atoms with van der Waals surface area (Å²) in [5.41, 5.74) is 0. The molecule has 112 valence electrons. The SMILES string of the molecule is C=CC(=O)OCCOOC(=O)CCC(=O)OCC1CO1. The summed E-state index contributed by atoms with van der Waals surface area (Å²) in [6.07, 6.45) is 0.745. The van der Waals surface area contributed by atoms with Crippen LogP contribution in [0.1, 0.15) is 12.8 Å². The molecule has 1 saturated heterocycles. The van der Waals surface area contributed by atoms with Gasteiger partial charge in [0.05, 0.1) is 19.4 Å². The molecule has 1 heterocycles. The third kappa shape index (κ3) is 8.22. The standard InChI is InChI=1S/C12H16O8/c1-2-10(13)16-5-6-19-20-12(15)4-3-11(14)18-8-9-7-17-9/h2,9H,1,3-8H2. The van der Waals surface area contributed by atoms with Crippen molar-refractivity contribution in [3.05, 3.63) is 12.7 Å². The lowest BCUT2D eigenvalue weighted by molar-refractivity contribution is -0.275. The predicted molar refractivity (Wildman–Crippen MR) is 63.1 cm³/mol. The van der Waals surface area contributed by atoms with Crippen molar-refractivity contribution in [3.8, 4) is 0 Å². The van der Waals surface area contributed by atoms with Crippen molar-refractivity contribution in [2.24, 2.45) is 0 Å². The molecule has 1 atom stereocenters. The van der Waals surface area contributed by atoms with Gasteiger partial charge in [-0.3, -0.25) is 9.68 Å². The van der Waals surface area contributed by atoms with E-state index in [0.717, 1.165) is 6.08 Å². The second kappa shape index (κ2) is 9.05. The van der Waals surface area contributed by atoms with Gasteiger partial charge in [0.15, 0.2) is 0 Å². The number of hydrogen-bond acceptors (Lipinski definition) is 8. The zero-order valence-electron chi connectivity index (χ0n) is 10.9. The fourth-order valence-corrected chi connectivity index (χ4v) is 1.01. The molecular formula is C12H16O8. The van der Waals surface area contributed by atoms with E-state index in [2.05, 4.69) is 21.1 Å². The Hall–Kier alpha value is -1.93. The van der Waals surface area contributed by atoms with E-state index in [0.29, 0.717) is 6.61 Å². The van der Waals surface area contributed by atoms with Crippen molar-refractivity contribution in [3.63, 3.8) is 0 Å². The van der Waals surface area contributed by atoms with Crippen molar-refractivity contribution in [2.75, 3.05) is 26.4 Å². The van der Waals surface area contributed by atoms with E-state index >= 15 is 0 Å². The number of carbonyl (C=O) groups is 3. The maximum atomic E-state index is 11.2. The van der Waals surface area contributed by atoms with Crippen LogP contribution in [0.3, 0.4) is 0 Å². The minimum Gasteiger partial charge on any atom is -0.463 e. The first-order chi connectivity index (χ1) is 9.61. The largest absolute Gasteiger partial charge is 0.463 e. The molecule has 1 aliphatic heterocycles. The number of epoxide rings is 1. The number of carbonyl (C=O) groups excluding carboxylic acids is 3. The Morgan fingerprint density at radius 1 is 1.15 bits per heavy atom. The summed E-state index contributed by atoms with van der Waals surface area (Å²) in [5, 5.41) is 0. The van der Waals surface area contributed by atoms with E-state index in [1.54, 1.807) is 0 Å². The molecule has 0 amide bonds. The lowest BCUT2D eigenvalue weighted by atomic mass is 10.3. The summed E-state index contributed by atoms with van der Waals surface area (Å²) < 4.78 is 14.2. The van der Waals surface area contributed by atoms with E-state index in [4.69, 9.17) is 9.47 Å². The van der Waals surface area contributed by atoms with Gasteiger partial charge in [-0.25, -0.2) is 9.59 Å². The van der Waals surface area contributed by atoms with E-state index in [1.165, 1.54) is 0 Å². The van der Waals surface area contributed by atoms with Crippen LogP contribution in [0.25, 0.3) is 0 Å². The van der Waals surface area contributed by atoms with Gasteiger partial charge in [-0.15, -0.1) is 0 Å². The molecule has 0 N–H and O–H groups in total. The van der Waals surface area contributed by atoms with Crippen molar-refractivity contribution >= 4 is 17.9 Å². The minimum absolute atomic E-state index is 0.00693. The molecule has 0 radical (unpaired) electrons. The predicted octanol–water partition coefficient (Wildman–Crippen LogP) is -0.0874. The smallest absolute Gasteiger partial charge is 0.342 e. The maximum Gasteiger partial charge on any atom is 0.342 e. The molecule has 0 saturated carbocycles. The van der Waals surface area contributed by atoms with Crippen LogP contribution in [0, 0.1) is 0 Å². The Morgan fingerprint density at radius 2 is 1.85 bits per heavy atom. The number of hydrogen-bond donors (Lipinski definition) is 0. The fraction of sp³-hybridized carbons (Fsp3) is 0.583. The van der Waals surface area contributed by atoms with Crippen LogP contribution < -0.4 is 0 Å². The quantitative estimate of drug-likeness (QED) is 0.137. The molecule has 0 aromatic carbocycles. The van der Waals surface area contributed by atoms with Crippen LogP contribution >= 0.6 is 0 Å². The molecule has 0 aromatic heterocycles. The van der Waals surface area contributed by atoms with Crippen molar-refractivity contribution in [1.82, 2.24) is 0 Å². The van der Waals surface area contributed by atoms with E-state index < -0.39 is 17.9 Å².